The summed E-state index contributed by atoms with van der Waals surface area (Å²) in [5, 5.41) is 2.81. The van der Waals surface area contributed by atoms with E-state index in [1.165, 1.54) is 46.1 Å². The van der Waals surface area contributed by atoms with E-state index in [9.17, 15) is 26.4 Å². The summed E-state index contributed by atoms with van der Waals surface area (Å²) >= 11 is 6.02. The summed E-state index contributed by atoms with van der Waals surface area (Å²) in [4.78, 5) is 18.2. The molecule has 2 aromatic heterocycles. The zero-order chi connectivity index (χ0) is 24.8. The zero-order valence-corrected chi connectivity index (χ0v) is 19.5. The van der Waals surface area contributed by atoms with Crippen molar-refractivity contribution in [1.82, 2.24) is 9.55 Å². The van der Waals surface area contributed by atoms with Gasteiger partial charge >= 0.3 is 0 Å². The van der Waals surface area contributed by atoms with E-state index in [0.717, 1.165) is 12.3 Å². The van der Waals surface area contributed by atoms with E-state index < -0.39 is 40.8 Å². The SMILES string of the molecule is Cn1cc(C(=O)Nc2cc(Cl)cc(NS(C)(=O)=O)c2)cc1-c1ncc(N2CC(F)(F)C2)cc1F. The minimum atomic E-state index is -3.55. The molecule has 1 aliphatic rings. The molecule has 0 unspecified atom stereocenters. The number of nitrogens with one attached hydrogen (secondary N) is 2. The van der Waals surface area contributed by atoms with Crippen molar-refractivity contribution in [2.75, 3.05) is 34.3 Å². The predicted molar refractivity (Wildman–Crippen MR) is 124 cm³/mol. The lowest BCUT2D eigenvalue weighted by atomic mass is 10.1. The van der Waals surface area contributed by atoms with Crippen LogP contribution in [0.25, 0.3) is 11.4 Å². The molecule has 0 spiro atoms. The molecule has 1 amide bonds. The Morgan fingerprint density at radius 1 is 1.15 bits per heavy atom. The van der Waals surface area contributed by atoms with Crippen molar-refractivity contribution in [2.24, 2.45) is 7.05 Å². The first-order valence-corrected chi connectivity index (χ1v) is 12.1. The number of benzene rings is 1. The molecule has 1 fully saturated rings. The van der Waals surface area contributed by atoms with Gasteiger partial charge in [-0.3, -0.25) is 9.52 Å². The van der Waals surface area contributed by atoms with Crippen molar-refractivity contribution in [2.45, 2.75) is 5.92 Å². The van der Waals surface area contributed by atoms with Crippen LogP contribution in [0.4, 0.5) is 30.2 Å². The standard InChI is InChI=1S/C21H19ClF3N5O3S/c1-29-9-12(20(31)27-14-4-13(22)5-15(6-14)28-34(2,32)33)3-18(29)19-17(23)7-16(8-26-19)30-10-21(24,25)11-30/h3-9,28H,10-11H2,1-2H3,(H,27,31). The second-order valence-corrected chi connectivity index (χ2v) is 10.2. The number of pyridine rings is 1. The maximum Gasteiger partial charge on any atom is 0.282 e. The number of rotatable bonds is 6. The Morgan fingerprint density at radius 2 is 1.82 bits per heavy atom. The third-order valence-corrected chi connectivity index (χ3v) is 5.83. The largest absolute Gasteiger partial charge is 0.358 e. The number of amides is 1. The molecule has 0 atom stereocenters. The second-order valence-electron chi connectivity index (χ2n) is 8.02. The molecule has 180 valence electrons. The molecule has 0 radical (unpaired) electrons. The summed E-state index contributed by atoms with van der Waals surface area (Å²) in [6, 6.07) is 6.78. The van der Waals surface area contributed by atoms with Crippen LogP contribution in [0.5, 0.6) is 0 Å². The third kappa shape index (κ3) is 5.28. The second kappa shape index (κ2) is 8.51. The minimum Gasteiger partial charge on any atom is -0.358 e. The molecule has 1 aliphatic heterocycles. The number of aromatic nitrogens is 2. The summed E-state index contributed by atoms with van der Waals surface area (Å²) in [5.41, 5.74) is 1.11. The van der Waals surface area contributed by atoms with Gasteiger partial charge in [-0.1, -0.05) is 11.6 Å². The molecule has 0 bridgehead atoms. The van der Waals surface area contributed by atoms with Crippen LogP contribution in [-0.2, 0) is 17.1 Å². The van der Waals surface area contributed by atoms with Crippen LogP contribution in [0.3, 0.4) is 0 Å². The summed E-state index contributed by atoms with van der Waals surface area (Å²) < 4.78 is 67.6. The minimum absolute atomic E-state index is 0.0417. The average molecular weight is 514 g/mol. The maximum atomic E-state index is 14.7. The molecule has 0 aliphatic carbocycles. The van der Waals surface area contributed by atoms with Crippen LogP contribution in [0.1, 0.15) is 10.4 Å². The van der Waals surface area contributed by atoms with Gasteiger partial charge in [-0.25, -0.2) is 26.6 Å². The molecule has 3 aromatic rings. The Kier molecular flexibility index (Phi) is 5.98. The van der Waals surface area contributed by atoms with Crippen molar-refractivity contribution >= 4 is 44.6 Å². The highest BCUT2D eigenvalue weighted by Crippen LogP contribution is 2.33. The predicted octanol–water partition coefficient (Wildman–Crippen LogP) is 3.96. The van der Waals surface area contributed by atoms with Crippen molar-refractivity contribution in [3.8, 4) is 11.4 Å². The molecule has 1 aromatic carbocycles. The highest BCUT2D eigenvalue weighted by atomic mass is 35.5. The number of hydrogen-bond acceptors (Lipinski definition) is 5. The third-order valence-electron chi connectivity index (χ3n) is 5.00. The van der Waals surface area contributed by atoms with Crippen LogP contribution in [-0.4, -0.2) is 49.1 Å². The van der Waals surface area contributed by atoms with E-state index in [2.05, 4.69) is 15.0 Å². The Bertz CT molecular complexity index is 1390. The lowest BCUT2D eigenvalue weighted by Crippen LogP contribution is -2.56. The van der Waals surface area contributed by atoms with Crippen molar-refractivity contribution in [3.63, 3.8) is 0 Å². The average Bonchev–Trinajstić information content (AvgIpc) is 3.05. The van der Waals surface area contributed by atoms with E-state index in [1.807, 2.05) is 0 Å². The van der Waals surface area contributed by atoms with Gasteiger partial charge in [0.25, 0.3) is 11.8 Å². The summed E-state index contributed by atoms with van der Waals surface area (Å²) in [7, 11) is -1.95. The molecule has 4 rings (SSSR count). The molecule has 8 nitrogen and oxygen atoms in total. The van der Waals surface area contributed by atoms with Gasteiger partial charge in [-0.15, -0.1) is 0 Å². The fraction of sp³-hybridized carbons (Fsp3) is 0.238. The Balaban J connectivity index is 1.54. The first-order valence-electron chi connectivity index (χ1n) is 9.84. The smallest absolute Gasteiger partial charge is 0.282 e. The van der Waals surface area contributed by atoms with Crippen LogP contribution in [0.15, 0.2) is 42.7 Å². The van der Waals surface area contributed by atoms with Crippen molar-refractivity contribution < 1.29 is 26.4 Å². The number of aryl methyl sites for hydroxylation is 1. The topological polar surface area (TPSA) is 96.3 Å². The Hall–Kier alpha value is -3.25. The normalized spacial score (nSPS) is 15.1. The Morgan fingerprint density at radius 3 is 2.44 bits per heavy atom. The highest BCUT2D eigenvalue weighted by Gasteiger charge is 2.44. The van der Waals surface area contributed by atoms with Gasteiger partial charge in [0.15, 0.2) is 5.82 Å². The Labute approximate surface area is 198 Å². The summed E-state index contributed by atoms with van der Waals surface area (Å²) in [5.74, 6) is -4.05. The van der Waals surface area contributed by atoms with E-state index in [1.54, 1.807) is 7.05 Å². The van der Waals surface area contributed by atoms with Gasteiger partial charge in [0, 0.05) is 30.0 Å². The molecule has 1 saturated heterocycles. The van der Waals surface area contributed by atoms with E-state index in [4.69, 9.17) is 11.6 Å². The summed E-state index contributed by atoms with van der Waals surface area (Å²) in [6.45, 7) is -0.986. The number of anilines is 3. The molecular weight excluding hydrogens is 495 g/mol. The molecule has 34 heavy (non-hydrogen) atoms. The van der Waals surface area contributed by atoms with Gasteiger partial charge < -0.3 is 14.8 Å². The number of nitrogens with zero attached hydrogens (tertiary/aromatic N) is 3. The lowest BCUT2D eigenvalue weighted by Gasteiger charge is -2.40. The van der Waals surface area contributed by atoms with E-state index in [-0.39, 0.29) is 33.3 Å². The fourth-order valence-corrected chi connectivity index (χ4v) is 4.33. The summed E-state index contributed by atoms with van der Waals surface area (Å²) in [6.07, 6.45) is 3.76. The molecule has 13 heteroatoms. The highest BCUT2D eigenvalue weighted by molar-refractivity contribution is 7.92. The number of carbonyl (C=O) groups excluding carboxylic acids is 1. The molecule has 0 saturated carbocycles. The van der Waals surface area contributed by atoms with Crippen molar-refractivity contribution in [1.29, 1.82) is 0 Å². The number of sulfonamides is 1. The van der Waals surface area contributed by atoms with Crippen LogP contribution in [0.2, 0.25) is 5.02 Å². The quantitative estimate of drug-likeness (QED) is 0.520. The molecular formula is C21H19ClF3N5O3S. The van der Waals surface area contributed by atoms with Crippen LogP contribution in [0, 0.1) is 5.82 Å². The number of carbonyl (C=O) groups is 1. The first-order chi connectivity index (χ1) is 15.8. The van der Waals surface area contributed by atoms with Gasteiger partial charge in [0.2, 0.25) is 10.0 Å². The van der Waals surface area contributed by atoms with Crippen LogP contribution >= 0.6 is 11.6 Å². The van der Waals surface area contributed by atoms with E-state index >= 15 is 0 Å². The van der Waals surface area contributed by atoms with Crippen molar-refractivity contribution in [3.05, 3.63) is 59.1 Å². The van der Waals surface area contributed by atoms with Gasteiger partial charge in [0.05, 0.1) is 48.2 Å². The maximum absolute atomic E-state index is 14.7. The number of alkyl halides is 2. The first kappa shape index (κ1) is 23.9. The zero-order valence-electron chi connectivity index (χ0n) is 17.9. The van der Waals surface area contributed by atoms with Crippen LogP contribution < -0.4 is 14.9 Å². The van der Waals surface area contributed by atoms with Gasteiger partial charge in [0.1, 0.15) is 5.69 Å². The van der Waals surface area contributed by atoms with Gasteiger partial charge in [-0.05, 0) is 24.3 Å². The van der Waals surface area contributed by atoms with E-state index in [0.29, 0.717) is 5.69 Å². The monoisotopic (exact) mass is 513 g/mol. The lowest BCUT2D eigenvalue weighted by molar-refractivity contribution is -0.0263. The number of halogens is 4. The molecule has 2 N–H and O–H groups in total. The molecule has 3 heterocycles. The number of hydrogen-bond donors (Lipinski definition) is 2. The van der Waals surface area contributed by atoms with Gasteiger partial charge in [-0.2, -0.15) is 0 Å². The fourth-order valence-electron chi connectivity index (χ4n) is 3.55.